The third-order valence-electron chi connectivity index (χ3n) is 5.60. The molecule has 2 atom stereocenters. The Kier molecular flexibility index (Phi) is 6.05. The number of hydrogen-bond acceptors (Lipinski definition) is 3. The van der Waals surface area contributed by atoms with Gasteiger partial charge >= 0.3 is 6.18 Å². The average Bonchev–Trinajstić information content (AvgIpc) is 2.60. The van der Waals surface area contributed by atoms with Crippen LogP contribution in [0.2, 0.25) is 0 Å². The van der Waals surface area contributed by atoms with Gasteiger partial charge < -0.3 is 10.2 Å². The Bertz CT molecular complexity index is 679. The molecular weight excluding hydrogens is 362 g/mol. The van der Waals surface area contributed by atoms with Crippen LogP contribution in [0.25, 0.3) is 0 Å². The van der Waals surface area contributed by atoms with Crippen molar-refractivity contribution in [2.75, 3.05) is 33.2 Å². The SMILES string of the molecule is CNCCN1C(=O)CCC2CN(Cc3cc(F)ccc3C(F)(F)F)CCC21. The topological polar surface area (TPSA) is 35.6 Å². The second-order valence-electron chi connectivity index (χ2n) is 7.38. The summed E-state index contributed by atoms with van der Waals surface area (Å²) in [6, 6.07) is 2.80. The predicted octanol–water partition coefficient (Wildman–Crippen LogP) is 2.88. The van der Waals surface area contributed by atoms with Crippen molar-refractivity contribution >= 4 is 5.91 Å². The number of amides is 1. The first-order valence-electron chi connectivity index (χ1n) is 9.31. The molecule has 2 unspecified atom stereocenters. The van der Waals surface area contributed by atoms with E-state index >= 15 is 0 Å². The number of carbonyl (C=O) groups is 1. The molecule has 2 heterocycles. The Morgan fingerprint density at radius 2 is 2.04 bits per heavy atom. The van der Waals surface area contributed by atoms with Gasteiger partial charge in [-0.2, -0.15) is 13.2 Å². The Hall–Kier alpha value is -1.67. The van der Waals surface area contributed by atoms with Crippen LogP contribution in [-0.4, -0.2) is 55.0 Å². The van der Waals surface area contributed by atoms with Crippen LogP contribution in [0.5, 0.6) is 0 Å². The van der Waals surface area contributed by atoms with Gasteiger partial charge in [0, 0.05) is 45.2 Å². The number of carbonyl (C=O) groups excluding carboxylic acids is 1. The molecule has 1 N–H and O–H groups in total. The zero-order valence-corrected chi connectivity index (χ0v) is 15.4. The first-order valence-corrected chi connectivity index (χ1v) is 9.31. The number of nitrogens with one attached hydrogen (secondary N) is 1. The lowest BCUT2D eigenvalue weighted by Crippen LogP contribution is -2.56. The third-order valence-corrected chi connectivity index (χ3v) is 5.60. The quantitative estimate of drug-likeness (QED) is 0.790. The summed E-state index contributed by atoms with van der Waals surface area (Å²) in [6.45, 7) is 2.66. The maximum absolute atomic E-state index is 13.5. The molecule has 8 heteroatoms. The lowest BCUT2D eigenvalue weighted by atomic mass is 9.83. The fraction of sp³-hybridized carbons (Fsp3) is 0.632. The number of likely N-dealkylation sites (tertiary alicyclic amines) is 2. The van der Waals surface area contributed by atoms with E-state index in [1.807, 2.05) is 16.8 Å². The smallest absolute Gasteiger partial charge is 0.338 e. The largest absolute Gasteiger partial charge is 0.416 e. The van der Waals surface area contributed by atoms with Gasteiger partial charge in [-0.05, 0) is 49.6 Å². The highest BCUT2D eigenvalue weighted by Crippen LogP contribution is 2.35. The summed E-state index contributed by atoms with van der Waals surface area (Å²) < 4.78 is 53.2. The highest BCUT2D eigenvalue weighted by Gasteiger charge is 2.40. The van der Waals surface area contributed by atoms with Crippen LogP contribution < -0.4 is 5.32 Å². The molecule has 0 aromatic heterocycles. The molecule has 2 aliphatic heterocycles. The molecule has 27 heavy (non-hydrogen) atoms. The Morgan fingerprint density at radius 1 is 1.26 bits per heavy atom. The predicted molar refractivity (Wildman–Crippen MR) is 93.4 cm³/mol. The molecule has 0 aliphatic carbocycles. The highest BCUT2D eigenvalue weighted by atomic mass is 19.4. The fourth-order valence-electron chi connectivity index (χ4n) is 4.30. The van der Waals surface area contributed by atoms with Crippen molar-refractivity contribution in [1.29, 1.82) is 0 Å². The van der Waals surface area contributed by atoms with Crippen molar-refractivity contribution in [2.24, 2.45) is 5.92 Å². The molecule has 1 amide bonds. The maximum Gasteiger partial charge on any atom is 0.416 e. The maximum atomic E-state index is 13.5. The van der Waals surface area contributed by atoms with Gasteiger partial charge in [-0.3, -0.25) is 9.69 Å². The van der Waals surface area contributed by atoms with Crippen LogP contribution in [0.4, 0.5) is 17.6 Å². The van der Waals surface area contributed by atoms with E-state index in [2.05, 4.69) is 5.32 Å². The van der Waals surface area contributed by atoms with E-state index in [-0.39, 0.29) is 30.0 Å². The van der Waals surface area contributed by atoms with Crippen LogP contribution in [-0.2, 0) is 17.5 Å². The number of benzene rings is 1. The summed E-state index contributed by atoms with van der Waals surface area (Å²) in [4.78, 5) is 16.1. The van der Waals surface area contributed by atoms with Crippen LogP contribution in [0.1, 0.15) is 30.4 Å². The number of likely N-dealkylation sites (N-methyl/N-ethyl adjacent to an activating group) is 1. The monoisotopic (exact) mass is 387 g/mol. The molecule has 1 aromatic rings. The van der Waals surface area contributed by atoms with E-state index < -0.39 is 17.6 Å². The minimum atomic E-state index is -4.50. The van der Waals surface area contributed by atoms with Crippen LogP contribution in [0.15, 0.2) is 18.2 Å². The van der Waals surface area contributed by atoms with E-state index in [4.69, 9.17) is 0 Å². The summed E-state index contributed by atoms with van der Waals surface area (Å²) >= 11 is 0. The molecule has 1 aromatic carbocycles. The molecule has 3 rings (SSSR count). The second-order valence-corrected chi connectivity index (χ2v) is 7.38. The molecule has 0 saturated carbocycles. The summed E-state index contributed by atoms with van der Waals surface area (Å²) in [6.07, 6.45) is -2.53. The first-order chi connectivity index (χ1) is 12.8. The standard InChI is InChI=1S/C19H25F4N3O/c1-24-7-9-26-17-6-8-25(11-13(17)2-5-18(26)27)12-14-10-15(20)3-4-16(14)19(21,22)23/h3-4,10,13,17,24H,2,5-9,11-12H2,1H3. The van der Waals surface area contributed by atoms with E-state index in [1.54, 1.807) is 0 Å². The van der Waals surface area contributed by atoms with E-state index in [9.17, 15) is 22.4 Å². The second kappa shape index (κ2) is 8.14. The van der Waals surface area contributed by atoms with Crippen LogP contribution >= 0.6 is 0 Å². The summed E-state index contributed by atoms with van der Waals surface area (Å²) in [7, 11) is 1.84. The molecule has 0 bridgehead atoms. The number of halogens is 4. The van der Waals surface area contributed by atoms with E-state index in [0.29, 0.717) is 26.1 Å². The Labute approximate surface area is 156 Å². The molecule has 4 nitrogen and oxygen atoms in total. The molecule has 0 spiro atoms. The van der Waals surface area contributed by atoms with Crippen molar-refractivity contribution in [3.8, 4) is 0 Å². The van der Waals surface area contributed by atoms with Gasteiger partial charge in [0.05, 0.1) is 5.56 Å². The normalized spacial score (nSPS) is 24.2. The lowest BCUT2D eigenvalue weighted by molar-refractivity contribution is -0.142. The van der Waals surface area contributed by atoms with Crippen molar-refractivity contribution in [2.45, 2.75) is 38.0 Å². The Morgan fingerprint density at radius 3 is 2.74 bits per heavy atom. The van der Waals surface area contributed by atoms with Gasteiger partial charge in [0.2, 0.25) is 5.91 Å². The van der Waals surface area contributed by atoms with Crippen LogP contribution in [0.3, 0.4) is 0 Å². The number of fused-ring (bicyclic) bond motifs is 1. The first kappa shape index (κ1) is 20.1. The molecule has 2 aliphatic rings. The summed E-state index contributed by atoms with van der Waals surface area (Å²) in [5.74, 6) is -0.255. The molecule has 2 saturated heterocycles. The van der Waals surface area contributed by atoms with Crippen molar-refractivity contribution < 1.29 is 22.4 Å². The summed E-state index contributed by atoms with van der Waals surface area (Å²) in [5.41, 5.74) is -0.805. The number of rotatable bonds is 5. The minimum Gasteiger partial charge on any atom is -0.338 e. The molecular formula is C19H25F4N3O. The molecule has 2 fully saturated rings. The van der Waals surface area contributed by atoms with E-state index in [1.165, 1.54) is 0 Å². The number of piperidine rings is 2. The van der Waals surface area contributed by atoms with Gasteiger partial charge in [0.25, 0.3) is 0 Å². The van der Waals surface area contributed by atoms with Crippen molar-refractivity contribution in [3.05, 3.63) is 35.1 Å². The summed E-state index contributed by atoms with van der Waals surface area (Å²) in [5, 5.41) is 3.05. The van der Waals surface area contributed by atoms with Gasteiger partial charge in [-0.25, -0.2) is 4.39 Å². The zero-order valence-electron chi connectivity index (χ0n) is 15.4. The number of hydrogen-bond donors (Lipinski definition) is 1. The van der Waals surface area contributed by atoms with Gasteiger partial charge in [-0.15, -0.1) is 0 Å². The highest BCUT2D eigenvalue weighted by molar-refractivity contribution is 5.77. The zero-order chi connectivity index (χ0) is 19.6. The van der Waals surface area contributed by atoms with Crippen molar-refractivity contribution in [1.82, 2.24) is 15.1 Å². The van der Waals surface area contributed by atoms with Gasteiger partial charge in [0.1, 0.15) is 5.82 Å². The number of alkyl halides is 3. The van der Waals surface area contributed by atoms with Gasteiger partial charge in [-0.1, -0.05) is 0 Å². The minimum absolute atomic E-state index is 0.0279. The lowest BCUT2D eigenvalue weighted by Gasteiger charge is -2.47. The van der Waals surface area contributed by atoms with E-state index in [0.717, 1.165) is 37.6 Å². The molecule has 0 radical (unpaired) electrons. The fourth-order valence-corrected chi connectivity index (χ4v) is 4.30. The number of nitrogens with zero attached hydrogens (tertiary/aromatic N) is 2. The van der Waals surface area contributed by atoms with Crippen LogP contribution in [0, 0.1) is 11.7 Å². The Balaban J connectivity index is 1.70. The average molecular weight is 387 g/mol. The van der Waals surface area contributed by atoms with Gasteiger partial charge in [0.15, 0.2) is 0 Å². The third kappa shape index (κ3) is 4.60. The molecule has 150 valence electrons. The van der Waals surface area contributed by atoms with Crippen molar-refractivity contribution in [3.63, 3.8) is 0 Å².